The van der Waals surface area contributed by atoms with E-state index in [-0.39, 0.29) is 15.6 Å². The maximum absolute atomic E-state index is 13.0. The first-order chi connectivity index (χ1) is 9.44. The van der Waals surface area contributed by atoms with Gasteiger partial charge in [-0.1, -0.05) is 23.7 Å². The number of anilines is 1. The Morgan fingerprint density at radius 1 is 1.20 bits per heavy atom. The van der Waals surface area contributed by atoms with Crippen molar-refractivity contribution in [2.45, 2.75) is 4.90 Å². The van der Waals surface area contributed by atoms with Crippen LogP contribution in [0.1, 0.15) is 0 Å². The second-order valence-electron chi connectivity index (χ2n) is 3.88. The summed E-state index contributed by atoms with van der Waals surface area (Å²) in [6.07, 6.45) is 0. The summed E-state index contributed by atoms with van der Waals surface area (Å²) >= 11 is 5.76. The molecule has 0 atom stereocenters. The number of methoxy groups -OCH3 is 1. The Hall–Kier alpha value is -1.79. The van der Waals surface area contributed by atoms with Crippen LogP contribution in [0, 0.1) is 5.82 Å². The Bertz CT molecular complexity index is 734. The molecule has 0 unspecified atom stereocenters. The molecule has 0 saturated carbocycles. The maximum Gasteiger partial charge on any atom is 0.263 e. The molecule has 0 heterocycles. The highest BCUT2D eigenvalue weighted by atomic mass is 35.5. The Labute approximate surface area is 121 Å². The highest BCUT2D eigenvalue weighted by molar-refractivity contribution is 7.92. The molecule has 0 aliphatic rings. The molecule has 2 rings (SSSR count). The summed E-state index contributed by atoms with van der Waals surface area (Å²) in [5.41, 5.74) is 0.274. The molecule has 2 aromatic rings. The van der Waals surface area contributed by atoms with E-state index in [0.717, 1.165) is 18.2 Å². The summed E-state index contributed by atoms with van der Waals surface area (Å²) in [5.74, 6) is -0.236. The van der Waals surface area contributed by atoms with E-state index in [2.05, 4.69) is 4.72 Å². The minimum absolute atomic E-state index is 0.188. The third kappa shape index (κ3) is 3.02. The van der Waals surface area contributed by atoms with E-state index in [9.17, 15) is 12.8 Å². The fourth-order valence-electron chi connectivity index (χ4n) is 1.62. The molecule has 0 radical (unpaired) electrons. The van der Waals surface area contributed by atoms with Gasteiger partial charge < -0.3 is 4.74 Å². The zero-order valence-electron chi connectivity index (χ0n) is 10.4. The smallest absolute Gasteiger partial charge is 0.263 e. The monoisotopic (exact) mass is 315 g/mol. The van der Waals surface area contributed by atoms with Gasteiger partial charge in [0.2, 0.25) is 0 Å². The Morgan fingerprint density at radius 3 is 2.55 bits per heavy atom. The Balaban J connectivity index is 2.41. The first-order valence-electron chi connectivity index (χ1n) is 5.55. The van der Waals surface area contributed by atoms with Gasteiger partial charge in [-0.15, -0.1) is 0 Å². The lowest BCUT2D eigenvalue weighted by Crippen LogP contribution is -2.14. The van der Waals surface area contributed by atoms with Crippen LogP contribution in [-0.2, 0) is 10.0 Å². The van der Waals surface area contributed by atoms with E-state index in [0.29, 0.717) is 5.75 Å². The zero-order valence-corrected chi connectivity index (χ0v) is 12.0. The van der Waals surface area contributed by atoms with Crippen molar-refractivity contribution in [3.63, 3.8) is 0 Å². The predicted molar refractivity (Wildman–Crippen MR) is 75.2 cm³/mol. The normalized spacial score (nSPS) is 11.2. The van der Waals surface area contributed by atoms with Crippen LogP contribution in [0.25, 0.3) is 0 Å². The van der Waals surface area contributed by atoms with Crippen LogP contribution in [0.4, 0.5) is 10.1 Å². The molecular weight excluding hydrogens is 305 g/mol. The van der Waals surface area contributed by atoms with E-state index in [1.54, 1.807) is 24.3 Å². The van der Waals surface area contributed by atoms with Crippen LogP contribution in [0.5, 0.6) is 5.75 Å². The fourth-order valence-corrected chi connectivity index (χ4v) is 3.22. The summed E-state index contributed by atoms with van der Waals surface area (Å²) in [7, 11) is -2.49. The molecule has 1 N–H and O–H groups in total. The van der Waals surface area contributed by atoms with Crippen LogP contribution in [0.2, 0.25) is 5.02 Å². The number of para-hydroxylation sites is 2. The third-order valence-electron chi connectivity index (χ3n) is 2.53. The van der Waals surface area contributed by atoms with Gasteiger partial charge in [-0.05, 0) is 30.3 Å². The van der Waals surface area contributed by atoms with Crippen molar-refractivity contribution >= 4 is 27.3 Å². The van der Waals surface area contributed by atoms with E-state index < -0.39 is 15.8 Å². The molecule has 0 fully saturated rings. The topological polar surface area (TPSA) is 55.4 Å². The van der Waals surface area contributed by atoms with Gasteiger partial charge in [-0.3, -0.25) is 4.72 Å². The highest BCUT2D eigenvalue weighted by Gasteiger charge is 2.19. The van der Waals surface area contributed by atoms with Gasteiger partial charge in [0.15, 0.2) is 0 Å². The maximum atomic E-state index is 13.0. The number of ether oxygens (including phenoxy) is 1. The predicted octanol–water partition coefficient (Wildman–Crippen LogP) is 3.29. The van der Waals surface area contributed by atoms with Gasteiger partial charge in [-0.2, -0.15) is 0 Å². The average Bonchev–Trinajstić information content (AvgIpc) is 2.38. The molecule has 106 valence electrons. The summed E-state index contributed by atoms with van der Waals surface area (Å²) < 4.78 is 44.8. The fraction of sp³-hybridized carbons (Fsp3) is 0.0769. The van der Waals surface area contributed by atoms with Crippen molar-refractivity contribution < 1.29 is 17.5 Å². The third-order valence-corrected chi connectivity index (χ3v) is 4.38. The summed E-state index contributed by atoms with van der Waals surface area (Å²) in [6, 6.07) is 9.61. The first-order valence-corrected chi connectivity index (χ1v) is 7.41. The van der Waals surface area contributed by atoms with Crippen LogP contribution < -0.4 is 9.46 Å². The van der Waals surface area contributed by atoms with E-state index in [4.69, 9.17) is 16.3 Å². The molecule has 0 aromatic heterocycles. The van der Waals surface area contributed by atoms with Crippen molar-refractivity contribution in [1.29, 1.82) is 0 Å². The standard InChI is InChI=1S/C13H11ClFNO3S/c1-19-12-5-3-2-4-11(12)16-20(17,18)13-7-6-9(15)8-10(13)14/h2-8,16H,1H3. The molecule has 0 bridgehead atoms. The minimum atomic E-state index is -3.92. The van der Waals surface area contributed by atoms with Gasteiger partial charge in [0.05, 0.1) is 17.8 Å². The van der Waals surface area contributed by atoms with Gasteiger partial charge in [0.25, 0.3) is 10.0 Å². The molecule has 0 spiro atoms. The van der Waals surface area contributed by atoms with Crippen molar-refractivity contribution in [2.24, 2.45) is 0 Å². The number of hydrogen-bond acceptors (Lipinski definition) is 3. The molecule has 7 heteroatoms. The number of nitrogens with one attached hydrogen (secondary N) is 1. The Kier molecular flexibility index (Phi) is 4.15. The van der Waals surface area contributed by atoms with Gasteiger partial charge in [-0.25, -0.2) is 12.8 Å². The lowest BCUT2D eigenvalue weighted by molar-refractivity contribution is 0.417. The molecule has 0 saturated heterocycles. The second-order valence-corrected chi connectivity index (χ2v) is 5.94. The van der Waals surface area contributed by atoms with E-state index in [1.165, 1.54) is 7.11 Å². The molecule has 2 aromatic carbocycles. The number of sulfonamides is 1. The molecule has 20 heavy (non-hydrogen) atoms. The largest absolute Gasteiger partial charge is 0.495 e. The van der Waals surface area contributed by atoms with E-state index in [1.807, 2.05) is 0 Å². The highest BCUT2D eigenvalue weighted by Crippen LogP contribution is 2.28. The van der Waals surface area contributed by atoms with Gasteiger partial charge >= 0.3 is 0 Å². The lowest BCUT2D eigenvalue weighted by Gasteiger charge is -2.12. The molecular formula is C13H11ClFNO3S. The molecule has 0 amide bonds. The molecule has 4 nitrogen and oxygen atoms in total. The molecule has 0 aliphatic carbocycles. The molecule has 0 aliphatic heterocycles. The number of rotatable bonds is 4. The minimum Gasteiger partial charge on any atom is -0.495 e. The zero-order chi connectivity index (χ0) is 14.8. The Morgan fingerprint density at radius 2 is 1.90 bits per heavy atom. The van der Waals surface area contributed by atoms with Crippen molar-refractivity contribution in [2.75, 3.05) is 11.8 Å². The summed E-state index contributed by atoms with van der Waals surface area (Å²) in [6.45, 7) is 0. The average molecular weight is 316 g/mol. The summed E-state index contributed by atoms with van der Waals surface area (Å²) in [4.78, 5) is -0.202. The first kappa shape index (κ1) is 14.6. The number of hydrogen-bond donors (Lipinski definition) is 1. The van der Waals surface area contributed by atoms with Crippen molar-refractivity contribution in [1.82, 2.24) is 0 Å². The van der Waals surface area contributed by atoms with Crippen molar-refractivity contribution in [3.8, 4) is 5.75 Å². The number of benzene rings is 2. The van der Waals surface area contributed by atoms with Crippen LogP contribution in [0.3, 0.4) is 0 Å². The van der Waals surface area contributed by atoms with Gasteiger partial charge in [0.1, 0.15) is 16.5 Å². The SMILES string of the molecule is COc1ccccc1NS(=O)(=O)c1ccc(F)cc1Cl. The number of halogens is 2. The quantitative estimate of drug-likeness (QED) is 0.942. The van der Waals surface area contributed by atoms with E-state index >= 15 is 0 Å². The van der Waals surface area contributed by atoms with Crippen LogP contribution in [0.15, 0.2) is 47.4 Å². The second kappa shape index (κ2) is 5.68. The van der Waals surface area contributed by atoms with Gasteiger partial charge in [0, 0.05) is 0 Å². The van der Waals surface area contributed by atoms with Crippen molar-refractivity contribution in [3.05, 3.63) is 53.3 Å². The van der Waals surface area contributed by atoms with Crippen LogP contribution in [-0.4, -0.2) is 15.5 Å². The summed E-state index contributed by atoms with van der Waals surface area (Å²) in [5, 5.41) is -0.188. The van der Waals surface area contributed by atoms with Crippen LogP contribution >= 0.6 is 11.6 Å². The lowest BCUT2D eigenvalue weighted by atomic mass is 10.3.